The minimum Gasteiger partial charge on any atom is -0.451 e. The molecule has 0 amide bonds. The average Bonchev–Trinajstić information content (AvgIpc) is 1.65. The predicted octanol–water partition coefficient (Wildman–Crippen LogP) is -0.367. The van der Waals surface area contributed by atoms with Crippen molar-refractivity contribution in [1.82, 2.24) is 0 Å². The van der Waals surface area contributed by atoms with Gasteiger partial charge in [0.1, 0.15) is 0 Å². The fraction of sp³-hybridized carbons (Fsp3) is 0.750. The Morgan fingerprint density at radius 2 is 2.38 bits per heavy atom. The second-order valence-corrected chi connectivity index (χ2v) is 1.37. The Hall–Kier alpha value is -0.770. The van der Waals surface area contributed by atoms with Crippen LogP contribution in [0.5, 0.6) is 0 Å². The molecule has 0 aromatic rings. The molecule has 0 bridgehead atoms. The van der Waals surface area contributed by atoms with E-state index in [9.17, 15) is 0 Å². The monoisotopic (exact) mass is 118 g/mol. The van der Waals surface area contributed by atoms with Gasteiger partial charge in [-0.25, -0.2) is 0 Å². The molecule has 0 aromatic carbocycles. The van der Waals surface area contributed by atoms with Gasteiger partial charge in [0.05, 0.1) is 0 Å². The summed E-state index contributed by atoms with van der Waals surface area (Å²) in [6.45, 7) is 3.04. The van der Waals surface area contributed by atoms with Gasteiger partial charge < -0.3 is 15.7 Å². The maximum Gasteiger partial charge on any atom is 0.205 e. The number of hydrogen-bond donors (Lipinski definition) is 2. The molecule has 0 saturated heterocycles. The first-order chi connectivity index (χ1) is 3.66. The van der Waals surface area contributed by atoms with E-state index in [0.29, 0.717) is 0 Å². The van der Waals surface area contributed by atoms with Crippen molar-refractivity contribution < 1.29 is 9.84 Å². The van der Waals surface area contributed by atoms with Crippen molar-refractivity contribution in [3.05, 3.63) is 0 Å². The minimum atomic E-state index is -0.831. The van der Waals surface area contributed by atoms with Crippen molar-refractivity contribution in [2.24, 2.45) is 10.9 Å². The zero-order valence-electron chi connectivity index (χ0n) is 4.96. The Balaban J connectivity index is 3.39. The molecule has 4 nitrogen and oxygen atoms in total. The normalized spacial score (nSPS) is 15.6. The van der Waals surface area contributed by atoms with Crippen molar-refractivity contribution in [1.29, 1.82) is 0 Å². The van der Waals surface area contributed by atoms with Crippen LogP contribution in [0, 0.1) is 0 Å². The van der Waals surface area contributed by atoms with Gasteiger partial charge in [-0.1, -0.05) is 0 Å². The molecule has 0 fully saturated rings. The highest BCUT2D eigenvalue weighted by molar-refractivity contribution is 5.72. The quantitative estimate of drug-likeness (QED) is 0.162. The fourth-order valence-corrected chi connectivity index (χ4v) is 0.277. The molecule has 3 N–H and O–H groups in total. The Morgan fingerprint density at radius 3 is 2.50 bits per heavy atom. The number of aliphatic hydroxyl groups is 1. The molecule has 0 aromatic heterocycles. The molecule has 0 aliphatic carbocycles. The average molecular weight is 118 g/mol. The number of nitrogens with two attached hydrogens (primary N) is 1. The molecule has 0 rings (SSSR count). The van der Waals surface area contributed by atoms with Gasteiger partial charge in [0.15, 0.2) is 6.29 Å². The van der Waals surface area contributed by atoms with Gasteiger partial charge in [-0.2, -0.15) is 0 Å². The Labute approximate surface area is 47.9 Å². The number of aliphatic hydroxyl groups excluding tert-OH is 1. The van der Waals surface area contributed by atoms with Crippen LogP contribution in [0.4, 0.5) is 0 Å². The second-order valence-electron chi connectivity index (χ2n) is 1.37. The van der Waals surface area contributed by atoms with Crippen LogP contribution in [0.1, 0.15) is 13.8 Å². The maximum absolute atomic E-state index is 8.50. The van der Waals surface area contributed by atoms with Crippen LogP contribution in [0.25, 0.3) is 0 Å². The maximum atomic E-state index is 8.50. The van der Waals surface area contributed by atoms with Gasteiger partial charge in [0, 0.05) is 6.92 Å². The molecule has 0 aliphatic rings. The molecule has 0 spiro atoms. The Kier molecular flexibility index (Phi) is 2.95. The zero-order chi connectivity index (χ0) is 6.57. The lowest BCUT2D eigenvalue weighted by molar-refractivity contribution is -0.0115. The van der Waals surface area contributed by atoms with Crippen LogP contribution < -0.4 is 5.84 Å². The van der Waals surface area contributed by atoms with Crippen molar-refractivity contribution in [2.75, 3.05) is 0 Å². The number of nitrogens with zero attached hydrogens (tertiary/aromatic N) is 1. The molecule has 4 heteroatoms. The van der Waals surface area contributed by atoms with Crippen LogP contribution in [0.3, 0.4) is 0 Å². The van der Waals surface area contributed by atoms with Gasteiger partial charge in [0.25, 0.3) is 0 Å². The van der Waals surface area contributed by atoms with Crippen LogP contribution in [-0.4, -0.2) is 17.3 Å². The van der Waals surface area contributed by atoms with Gasteiger partial charge >= 0.3 is 0 Å². The summed E-state index contributed by atoms with van der Waals surface area (Å²) in [6.07, 6.45) is -0.831. The van der Waals surface area contributed by atoms with Gasteiger partial charge in [-0.15, -0.1) is 5.10 Å². The Morgan fingerprint density at radius 1 is 1.88 bits per heavy atom. The summed E-state index contributed by atoms with van der Waals surface area (Å²) in [7, 11) is 0. The minimum absolute atomic E-state index is 0.278. The van der Waals surface area contributed by atoms with E-state index in [1.165, 1.54) is 6.92 Å². The predicted molar refractivity (Wildman–Crippen MR) is 30.1 cm³/mol. The summed E-state index contributed by atoms with van der Waals surface area (Å²) < 4.78 is 4.58. The van der Waals surface area contributed by atoms with E-state index in [1.807, 2.05) is 0 Å². The van der Waals surface area contributed by atoms with Crippen molar-refractivity contribution >= 4 is 5.90 Å². The lowest BCUT2D eigenvalue weighted by Crippen LogP contribution is -2.12. The summed E-state index contributed by atoms with van der Waals surface area (Å²) in [5.74, 6) is 5.05. The lowest BCUT2D eigenvalue weighted by Gasteiger charge is -2.04. The van der Waals surface area contributed by atoms with E-state index >= 15 is 0 Å². The number of hydrazone groups is 1. The van der Waals surface area contributed by atoms with Gasteiger partial charge in [0.2, 0.25) is 5.90 Å². The molecular formula is C4H10N2O2. The van der Waals surface area contributed by atoms with Crippen LogP contribution in [0.15, 0.2) is 5.10 Å². The SMILES string of the molecule is C/C(=N/N)OC(C)O. The molecule has 8 heavy (non-hydrogen) atoms. The van der Waals surface area contributed by atoms with E-state index in [2.05, 4.69) is 9.84 Å². The third kappa shape index (κ3) is 3.42. The third-order valence-electron chi connectivity index (χ3n) is 0.523. The molecule has 0 heterocycles. The first-order valence-electron chi connectivity index (χ1n) is 2.26. The highest BCUT2D eigenvalue weighted by atomic mass is 16.6. The molecule has 0 saturated carbocycles. The molecule has 0 radical (unpaired) electrons. The van der Waals surface area contributed by atoms with E-state index < -0.39 is 6.29 Å². The smallest absolute Gasteiger partial charge is 0.205 e. The molecule has 48 valence electrons. The highest BCUT2D eigenvalue weighted by Gasteiger charge is 1.94. The Bertz CT molecular complexity index is 90.0. The number of ether oxygens (including phenoxy) is 1. The number of hydrogen-bond acceptors (Lipinski definition) is 4. The van der Waals surface area contributed by atoms with Crippen LogP contribution in [-0.2, 0) is 4.74 Å². The second kappa shape index (κ2) is 3.26. The molecular weight excluding hydrogens is 108 g/mol. The van der Waals surface area contributed by atoms with Crippen LogP contribution >= 0.6 is 0 Å². The first-order valence-corrected chi connectivity index (χ1v) is 2.26. The summed E-state index contributed by atoms with van der Waals surface area (Å²) in [5, 5.41) is 11.7. The lowest BCUT2D eigenvalue weighted by atomic mass is 10.7. The molecule has 1 unspecified atom stereocenters. The molecule has 0 aliphatic heterocycles. The largest absolute Gasteiger partial charge is 0.451 e. The van der Waals surface area contributed by atoms with Crippen molar-refractivity contribution in [2.45, 2.75) is 20.1 Å². The number of rotatable bonds is 1. The van der Waals surface area contributed by atoms with Gasteiger partial charge in [-0.05, 0) is 6.92 Å². The van der Waals surface area contributed by atoms with E-state index in [1.54, 1.807) is 6.92 Å². The third-order valence-corrected chi connectivity index (χ3v) is 0.523. The van der Waals surface area contributed by atoms with E-state index in [0.717, 1.165) is 0 Å². The standard InChI is InChI=1S/C4H10N2O2/c1-3(6-5)8-4(2)7/h4,7H,5H2,1-2H3/b6-3-. The van der Waals surface area contributed by atoms with Crippen molar-refractivity contribution in [3.63, 3.8) is 0 Å². The first kappa shape index (κ1) is 7.23. The van der Waals surface area contributed by atoms with E-state index in [4.69, 9.17) is 10.9 Å². The van der Waals surface area contributed by atoms with Gasteiger partial charge in [-0.3, -0.25) is 0 Å². The topological polar surface area (TPSA) is 67.8 Å². The fourth-order valence-electron chi connectivity index (χ4n) is 0.277. The summed E-state index contributed by atoms with van der Waals surface area (Å²) in [6, 6.07) is 0. The molecule has 1 atom stereocenters. The van der Waals surface area contributed by atoms with Crippen molar-refractivity contribution in [3.8, 4) is 0 Å². The summed E-state index contributed by atoms with van der Waals surface area (Å²) in [4.78, 5) is 0. The van der Waals surface area contributed by atoms with E-state index in [-0.39, 0.29) is 5.90 Å². The van der Waals surface area contributed by atoms with Crippen LogP contribution in [0.2, 0.25) is 0 Å². The summed E-state index contributed by atoms with van der Waals surface area (Å²) >= 11 is 0. The highest BCUT2D eigenvalue weighted by Crippen LogP contribution is 1.84. The summed E-state index contributed by atoms with van der Waals surface area (Å²) in [5.41, 5.74) is 0. The zero-order valence-corrected chi connectivity index (χ0v) is 4.96.